The summed E-state index contributed by atoms with van der Waals surface area (Å²) in [5, 5.41) is 8.80. The average Bonchev–Trinajstić information content (AvgIpc) is 2.16. The van der Waals surface area contributed by atoms with Gasteiger partial charge < -0.3 is 16.6 Å². The molecule has 0 heterocycles. The van der Waals surface area contributed by atoms with Gasteiger partial charge in [0.15, 0.2) is 0 Å². The van der Waals surface area contributed by atoms with Crippen LogP contribution >= 0.6 is 0 Å². The summed E-state index contributed by atoms with van der Waals surface area (Å²) < 4.78 is 0. The second-order valence-electron chi connectivity index (χ2n) is 3.71. The van der Waals surface area contributed by atoms with Gasteiger partial charge in [-0.1, -0.05) is 19.1 Å². The zero-order valence-corrected chi connectivity index (χ0v) is 8.73. The van der Waals surface area contributed by atoms with Crippen LogP contribution in [0.2, 0.25) is 0 Å². The number of aliphatic carboxylic acids is 1. The number of carboxylic acid groups (broad SMARTS) is 1. The van der Waals surface area contributed by atoms with Crippen LogP contribution in [0.15, 0.2) is 24.3 Å². The summed E-state index contributed by atoms with van der Waals surface area (Å²) in [7, 11) is 0. The van der Waals surface area contributed by atoms with E-state index < -0.39 is 11.5 Å². The predicted octanol–water partition coefficient (Wildman–Crippen LogP) is 1.31. The molecular weight excluding hydrogens is 192 g/mol. The fraction of sp³-hybridized carbons (Fsp3) is 0.364. The molecular formula is C11H16N2O2. The Morgan fingerprint density at radius 1 is 1.53 bits per heavy atom. The Hall–Kier alpha value is -1.55. The molecule has 0 saturated heterocycles. The zero-order chi connectivity index (χ0) is 11.5. The minimum absolute atomic E-state index is 0.0903. The number of hydrogen-bond donors (Lipinski definition) is 3. The number of carboxylic acids is 1. The molecule has 1 aromatic carbocycles. The number of anilines is 1. The lowest BCUT2D eigenvalue weighted by Gasteiger charge is -2.27. The van der Waals surface area contributed by atoms with Crippen LogP contribution in [0, 0.1) is 0 Å². The molecule has 0 saturated carbocycles. The highest BCUT2D eigenvalue weighted by Gasteiger charge is 2.28. The van der Waals surface area contributed by atoms with Crippen molar-refractivity contribution in [2.45, 2.75) is 25.3 Å². The van der Waals surface area contributed by atoms with E-state index in [-0.39, 0.29) is 6.42 Å². The highest BCUT2D eigenvalue weighted by molar-refractivity contribution is 5.69. The summed E-state index contributed by atoms with van der Waals surface area (Å²) in [6.45, 7) is 1.87. The normalized spacial score (nSPS) is 14.5. The van der Waals surface area contributed by atoms with Crippen LogP contribution < -0.4 is 11.5 Å². The molecule has 0 amide bonds. The van der Waals surface area contributed by atoms with Crippen molar-refractivity contribution in [3.8, 4) is 0 Å². The van der Waals surface area contributed by atoms with E-state index in [4.69, 9.17) is 16.6 Å². The number of nitrogen functional groups attached to an aromatic ring is 1. The number of nitrogens with two attached hydrogens (primary N) is 2. The first-order valence-corrected chi connectivity index (χ1v) is 4.84. The Labute approximate surface area is 88.9 Å². The maximum atomic E-state index is 10.7. The van der Waals surface area contributed by atoms with Gasteiger partial charge in [-0.2, -0.15) is 0 Å². The highest BCUT2D eigenvalue weighted by atomic mass is 16.4. The van der Waals surface area contributed by atoms with Gasteiger partial charge in [-0.15, -0.1) is 0 Å². The van der Waals surface area contributed by atoms with Crippen molar-refractivity contribution in [1.29, 1.82) is 0 Å². The largest absolute Gasteiger partial charge is 0.481 e. The smallest absolute Gasteiger partial charge is 0.305 e. The maximum Gasteiger partial charge on any atom is 0.305 e. The molecule has 0 aliphatic rings. The predicted molar refractivity (Wildman–Crippen MR) is 59.3 cm³/mol. The van der Waals surface area contributed by atoms with Gasteiger partial charge in [0, 0.05) is 5.69 Å². The molecule has 1 atom stereocenters. The summed E-state index contributed by atoms with van der Waals surface area (Å²) >= 11 is 0. The quantitative estimate of drug-likeness (QED) is 0.651. The summed E-state index contributed by atoms with van der Waals surface area (Å²) in [6.07, 6.45) is 0.468. The van der Waals surface area contributed by atoms with E-state index in [1.807, 2.05) is 13.0 Å². The molecule has 0 radical (unpaired) electrons. The van der Waals surface area contributed by atoms with Crippen molar-refractivity contribution >= 4 is 11.7 Å². The van der Waals surface area contributed by atoms with E-state index in [9.17, 15) is 4.79 Å². The molecule has 0 fully saturated rings. The molecule has 1 aromatic rings. The first-order chi connectivity index (χ1) is 6.98. The Bertz CT molecular complexity index is 365. The second-order valence-corrected chi connectivity index (χ2v) is 3.71. The Balaban J connectivity index is 3.05. The lowest BCUT2D eigenvalue weighted by Crippen LogP contribution is -2.38. The Kier molecular flexibility index (Phi) is 3.31. The molecule has 0 spiro atoms. The van der Waals surface area contributed by atoms with Crippen LogP contribution in [0.1, 0.15) is 25.3 Å². The van der Waals surface area contributed by atoms with Gasteiger partial charge in [0.1, 0.15) is 0 Å². The third-order valence-corrected chi connectivity index (χ3v) is 2.56. The third kappa shape index (κ3) is 2.70. The number of benzene rings is 1. The summed E-state index contributed by atoms with van der Waals surface area (Å²) in [5.41, 5.74) is 12.2. The van der Waals surface area contributed by atoms with E-state index >= 15 is 0 Å². The van der Waals surface area contributed by atoms with Gasteiger partial charge in [-0.25, -0.2) is 0 Å². The molecule has 4 heteroatoms. The molecule has 4 nitrogen and oxygen atoms in total. The maximum absolute atomic E-state index is 10.7. The summed E-state index contributed by atoms with van der Waals surface area (Å²) in [4.78, 5) is 10.7. The van der Waals surface area contributed by atoms with Gasteiger partial charge in [0.05, 0.1) is 12.0 Å². The molecule has 0 aliphatic heterocycles. The van der Waals surface area contributed by atoms with E-state index in [1.165, 1.54) is 0 Å². The fourth-order valence-corrected chi connectivity index (χ4v) is 1.55. The number of rotatable bonds is 4. The van der Waals surface area contributed by atoms with Crippen molar-refractivity contribution in [3.05, 3.63) is 29.8 Å². The van der Waals surface area contributed by atoms with Crippen LogP contribution in [-0.2, 0) is 10.3 Å². The number of carbonyl (C=O) groups is 1. The standard InChI is InChI=1S/C11H16N2O2/c1-2-11(13,7-10(14)15)8-4-3-5-9(12)6-8/h3-6H,2,7,12-13H2,1H3,(H,14,15)/t11-/m1/s1. The molecule has 0 bridgehead atoms. The van der Waals surface area contributed by atoms with Crippen molar-refractivity contribution in [2.75, 3.05) is 5.73 Å². The first kappa shape index (κ1) is 11.5. The van der Waals surface area contributed by atoms with Crippen molar-refractivity contribution in [1.82, 2.24) is 0 Å². The SMILES string of the molecule is CC[C@@](N)(CC(=O)O)c1cccc(N)c1. The van der Waals surface area contributed by atoms with E-state index in [2.05, 4.69) is 0 Å². The van der Waals surface area contributed by atoms with E-state index in [0.717, 1.165) is 5.56 Å². The van der Waals surface area contributed by atoms with Crippen molar-refractivity contribution in [2.24, 2.45) is 5.73 Å². The molecule has 5 N–H and O–H groups in total. The van der Waals surface area contributed by atoms with Gasteiger partial charge in [0.25, 0.3) is 0 Å². The Morgan fingerprint density at radius 2 is 2.20 bits per heavy atom. The average molecular weight is 208 g/mol. The Morgan fingerprint density at radius 3 is 2.67 bits per heavy atom. The van der Waals surface area contributed by atoms with Crippen LogP contribution in [0.4, 0.5) is 5.69 Å². The first-order valence-electron chi connectivity index (χ1n) is 4.84. The van der Waals surface area contributed by atoms with Gasteiger partial charge >= 0.3 is 5.97 Å². The second kappa shape index (κ2) is 4.31. The summed E-state index contributed by atoms with van der Waals surface area (Å²) in [6, 6.07) is 7.07. The molecule has 1 rings (SSSR count). The van der Waals surface area contributed by atoms with E-state index in [1.54, 1.807) is 18.2 Å². The van der Waals surface area contributed by atoms with Crippen LogP contribution in [0.25, 0.3) is 0 Å². The van der Waals surface area contributed by atoms with Crippen molar-refractivity contribution < 1.29 is 9.90 Å². The number of hydrogen-bond acceptors (Lipinski definition) is 3. The monoisotopic (exact) mass is 208 g/mol. The molecule has 0 aliphatic carbocycles. The van der Waals surface area contributed by atoms with E-state index in [0.29, 0.717) is 12.1 Å². The third-order valence-electron chi connectivity index (χ3n) is 2.56. The summed E-state index contributed by atoms with van der Waals surface area (Å²) in [5.74, 6) is -0.901. The van der Waals surface area contributed by atoms with Gasteiger partial charge in [-0.05, 0) is 24.1 Å². The highest BCUT2D eigenvalue weighted by Crippen LogP contribution is 2.27. The fourth-order valence-electron chi connectivity index (χ4n) is 1.55. The molecule has 82 valence electrons. The minimum atomic E-state index is -0.901. The molecule has 0 unspecified atom stereocenters. The van der Waals surface area contributed by atoms with Crippen molar-refractivity contribution in [3.63, 3.8) is 0 Å². The van der Waals surface area contributed by atoms with Gasteiger partial charge in [0.2, 0.25) is 0 Å². The van der Waals surface area contributed by atoms with Crippen LogP contribution in [-0.4, -0.2) is 11.1 Å². The molecule has 15 heavy (non-hydrogen) atoms. The van der Waals surface area contributed by atoms with Gasteiger partial charge in [-0.3, -0.25) is 4.79 Å². The lowest BCUT2D eigenvalue weighted by atomic mass is 9.85. The van der Waals surface area contributed by atoms with Crippen LogP contribution in [0.3, 0.4) is 0 Å². The minimum Gasteiger partial charge on any atom is -0.481 e. The lowest BCUT2D eigenvalue weighted by molar-refractivity contribution is -0.138. The topological polar surface area (TPSA) is 89.3 Å². The molecule has 0 aromatic heterocycles. The zero-order valence-electron chi connectivity index (χ0n) is 8.73. The van der Waals surface area contributed by atoms with Crippen LogP contribution in [0.5, 0.6) is 0 Å².